The third-order valence-corrected chi connectivity index (χ3v) is 4.60. The molecule has 2 amide bonds. The van der Waals surface area contributed by atoms with Crippen molar-refractivity contribution in [3.63, 3.8) is 0 Å². The number of hydrogen-bond donors (Lipinski definition) is 1. The van der Waals surface area contributed by atoms with Crippen molar-refractivity contribution in [3.8, 4) is 0 Å². The molecule has 0 aliphatic carbocycles. The van der Waals surface area contributed by atoms with E-state index in [-0.39, 0.29) is 23.7 Å². The second-order valence-corrected chi connectivity index (χ2v) is 6.21. The van der Waals surface area contributed by atoms with Crippen molar-refractivity contribution in [3.05, 3.63) is 30.1 Å². The number of benzene rings is 1. The van der Waals surface area contributed by atoms with Gasteiger partial charge in [-0.15, -0.1) is 0 Å². The maximum Gasteiger partial charge on any atom is 0.409 e. The van der Waals surface area contributed by atoms with Crippen LogP contribution in [0, 0.1) is 11.7 Å². The van der Waals surface area contributed by atoms with Crippen LogP contribution in [0.4, 0.5) is 14.9 Å². The number of ether oxygens (including phenoxy) is 1. The molecule has 1 aromatic rings. The van der Waals surface area contributed by atoms with E-state index in [0.717, 1.165) is 32.5 Å². The summed E-state index contributed by atoms with van der Waals surface area (Å²) in [5.74, 6) is -0.351. The number of hydrogen-bond acceptors (Lipinski definition) is 4. The van der Waals surface area contributed by atoms with Crippen LogP contribution in [-0.4, -0.2) is 61.1 Å². The molecule has 2 aliphatic heterocycles. The molecule has 6 nitrogen and oxygen atoms in total. The van der Waals surface area contributed by atoms with Gasteiger partial charge in [0, 0.05) is 24.7 Å². The number of likely N-dealkylation sites (tertiary alicyclic amines) is 1. The highest BCUT2D eigenvalue weighted by atomic mass is 19.1. The first-order valence-corrected chi connectivity index (χ1v) is 8.32. The zero-order valence-electron chi connectivity index (χ0n) is 13.5. The Kier molecular flexibility index (Phi) is 5.30. The maximum atomic E-state index is 12.9. The quantitative estimate of drug-likeness (QED) is 0.893. The summed E-state index contributed by atoms with van der Waals surface area (Å²) in [5.41, 5.74) is 0.622. The summed E-state index contributed by atoms with van der Waals surface area (Å²) in [6.07, 6.45) is 1.35. The van der Waals surface area contributed by atoms with Crippen LogP contribution in [0.15, 0.2) is 24.3 Å². The number of nitrogens with zero attached hydrogens (tertiary/aromatic N) is 2. The summed E-state index contributed by atoms with van der Waals surface area (Å²) in [6.45, 7) is 4.29. The molecule has 2 fully saturated rings. The number of amides is 2. The highest BCUT2D eigenvalue weighted by Crippen LogP contribution is 2.20. The van der Waals surface area contributed by atoms with E-state index in [4.69, 9.17) is 4.74 Å². The van der Waals surface area contributed by atoms with E-state index in [0.29, 0.717) is 25.4 Å². The van der Waals surface area contributed by atoms with Crippen LogP contribution in [0.1, 0.15) is 12.8 Å². The Morgan fingerprint density at radius 1 is 1.17 bits per heavy atom. The first-order valence-electron chi connectivity index (χ1n) is 8.32. The van der Waals surface area contributed by atoms with Crippen LogP contribution in [0.3, 0.4) is 0 Å². The number of piperidine rings is 1. The van der Waals surface area contributed by atoms with Gasteiger partial charge in [-0.25, -0.2) is 9.18 Å². The molecule has 0 bridgehead atoms. The van der Waals surface area contributed by atoms with Crippen LogP contribution < -0.4 is 5.32 Å². The lowest BCUT2D eigenvalue weighted by molar-refractivity contribution is -0.121. The number of halogens is 1. The van der Waals surface area contributed by atoms with Gasteiger partial charge in [0.2, 0.25) is 5.91 Å². The van der Waals surface area contributed by atoms with Crippen LogP contribution in [-0.2, 0) is 9.53 Å². The Labute approximate surface area is 140 Å². The maximum absolute atomic E-state index is 12.9. The minimum atomic E-state index is -0.316. The molecular formula is C17H22FN3O3. The summed E-state index contributed by atoms with van der Waals surface area (Å²) in [7, 11) is 0. The largest absolute Gasteiger partial charge is 0.448 e. The smallest absolute Gasteiger partial charge is 0.409 e. The highest BCUT2D eigenvalue weighted by Gasteiger charge is 2.27. The zero-order chi connectivity index (χ0) is 16.9. The molecule has 3 rings (SSSR count). The van der Waals surface area contributed by atoms with E-state index in [1.54, 1.807) is 17.0 Å². The molecule has 0 saturated carbocycles. The summed E-state index contributed by atoms with van der Waals surface area (Å²) in [4.78, 5) is 27.7. The lowest BCUT2D eigenvalue weighted by atomic mass is 9.96. The Balaban J connectivity index is 1.40. The lowest BCUT2D eigenvalue weighted by Crippen LogP contribution is -2.42. The van der Waals surface area contributed by atoms with Crippen molar-refractivity contribution in [2.45, 2.75) is 12.8 Å². The standard InChI is InChI=1S/C17H22FN3O3/c18-14-1-3-15(4-2-14)19-16(22)13-5-7-20(8-6-13)9-10-21-11-12-24-17(21)23/h1-4,13H,5-12H2,(H,19,22). The number of carbonyl (C=O) groups is 2. The van der Waals surface area contributed by atoms with E-state index in [9.17, 15) is 14.0 Å². The molecular weight excluding hydrogens is 313 g/mol. The van der Waals surface area contributed by atoms with Gasteiger partial charge in [0.15, 0.2) is 0 Å². The zero-order valence-corrected chi connectivity index (χ0v) is 13.5. The third kappa shape index (κ3) is 4.23. The van der Waals surface area contributed by atoms with E-state index in [1.807, 2.05) is 0 Å². The number of nitrogens with one attached hydrogen (secondary N) is 1. The van der Waals surface area contributed by atoms with Crippen molar-refractivity contribution in [1.82, 2.24) is 9.80 Å². The summed E-state index contributed by atoms with van der Waals surface area (Å²) >= 11 is 0. The number of cyclic esters (lactones) is 1. The molecule has 1 aromatic carbocycles. The van der Waals surface area contributed by atoms with Crippen molar-refractivity contribution < 1.29 is 18.7 Å². The van der Waals surface area contributed by atoms with Crippen molar-refractivity contribution >= 4 is 17.7 Å². The van der Waals surface area contributed by atoms with Gasteiger partial charge in [0.05, 0.1) is 6.54 Å². The van der Waals surface area contributed by atoms with E-state index in [2.05, 4.69) is 10.2 Å². The summed E-state index contributed by atoms with van der Waals surface area (Å²) in [5, 5.41) is 2.84. The Morgan fingerprint density at radius 3 is 2.50 bits per heavy atom. The van der Waals surface area contributed by atoms with E-state index in [1.165, 1.54) is 12.1 Å². The molecule has 2 saturated heterocycles. The fraction of sp³-hybridized carbons (Fsp3) is 0.529. The topological polar surface area (TPSA) is 61.9 Å². The van der Waals surface area contributed by atoms with Crippen LogP contribution in [0.5, 0.6) is 0 Å². The Morgan fingerprint density at radius 2 is 1.88 bits per heavy atom. The van der Waals surface area contributed by atoms with Gasteiger partial charge < -0.3 is 19.9 Å². The van der Waals surface area contributed by atoms with Crippen molar-refractivity contribution in [2.24, 2.45) is 5.92 Å². The fourth-order valence-electron chi connectivity index (χ4n) is 3.09. The summed E-state index contributed by atoms with van der Waals surface area (Å²) < 4.78 is 17.8. The number of anilines is 1. The molecule has 2 heterocycles. The fourth-order valence-corrected chi connectivity index (χ4v) is 3.09. The van der Waals surface area contributed by atoms with Gasteiger partial charge in [-0.2, -0.15) is 0 Å². The first-order chi connectivity index (χ1) is 11.6. The lowest BCUT2D eigenvalue weighted by Gasteiger charge is -2.32. The SMILES string of the molecule is O=C(Nc1ccc(F)cc1)C1CCN(CCN2CCOC2=O)CC1. The van der Waals surface area contributed by atoms with Gasteiger partial charge >= 0.3 is 6.09 Å². The van der Waals surface area contributed by atoms with Crippen molar-refractivity contribution in [1.29, 1.82) is 0 Å². The van der Waals surface area contributed by atoms with E-state index < -0.39 is 0 Å². The molecule has 0 spiro atoms. The molecule has 2 aliphatic rings. The predicted octanol–water partition coefficient (Wildman–Crippen LogP) is 1.93. The van der Waals surface area contributed by atoms with Crippen LogP contribution >= 0.6 is 0 Å². The average molecular weight is 335 g/mol. The average Bonchev–Trinajstić information content (AvgIpc) is 3.00. The molecule has 24 heavy (non-hydrogen) atoms. The Bertz CT molecular complexity index is 585. The molecule has 0 atom stereocenters. The molecule has 1 N–H and O–H groups in total. The van der Waals surface area contributed by atoms with Gasteiger partial charge in [0.25, 0.3) is 0 Å². The molecule has 0 aromatic heterocycles. The minimum absolute atomic E-state index is 0.00983. The monoisotopic (exact) mass is 335 g/mol. The molecule has 0 radical (unpaired) electrons. The molecule has 0 unspecified atom stereocenters. The normalized spacial score (nSPS) is 19.4. The minimum Gasteiger partial charge on any atom is -0.448 e. The van der Waals surface area contributed by atoms with E-state index >= 15 is 0 Å². The second-order valence-electron chi connectivity index (χ2n) is 6.21. The highest BCUT2D eigenvalue weighted by molar-refractivity contribution is 5.92. The Hall–Kier alpha value is -2.15. The van der Waals surface area contributed by atoms with Crippen LogP contribution in [0.2, 0.25) is 0 Å². The van der Waals surface area contributed by atoms with Gasteiger partial charge in [-0.3, -0.25) is 4.79 Å². The second kappa shape index (κ2) is 7.61. The molecule has 7 heteroatoms. The number of rotatable bonds is 5. The predicted molar refractivity (Wildman–Crippen MR) is 87.1 cm³/mol. The van der Waals surface area contributed by atoms with Gasteiger partial charge in [0.1, 0.15) is 12.4 Å². The van der Waals surface area contributed by atoms with Gasteiger partial charge in [-0.1, -0.05) is 0 Å². The van der Waals surface area contributed by atoms with Crippen molar-refractivity contribution in [2.75, 3.05) is 44.6 Å². The third-order valence-electron chi connectivity index (χ3n) is 4.60. The molecule has 130 valence electrons. The van der Waals surface area contributed by atoms with Gasteiger partial charge in [-0.05, 0) is 50.2 Å². The van der Waals surface area contributed by atoms with Crippen LogP contribution in [0.25, 0.3) is 0 Å². The summed E-state index contributed by atoms with van der Waals surface area (Å²) in [6, 6.07) is 5.80. The number of carbonyl (C=O) groups excluding carboxylic acids is 2. The first kappa shape index (κ1) is 16.7.